The van der Waals surface area contributed by atoms with Gasteiger partial charge in [-0.05, 0) is 49.7 Å². The van der Waals surface area contributed by atoms with E-state index in [0.717, 1.165) is 5.56 Å². The summed E-state index contributed by atoms with van der Waals surface area (Å²) in [7, 11) is 1.48. The standard InChI is InChI=1S/C25H21ClN2O5/c1-14-12-20(22(31-3)13-18(14)26)27-23(29)15(2)32-25(30)17-9-5-4-8-16(17)24-28-19-10-6-7-11-21(19)33-24/h4-13,15H,1-3H3,(H,27,29). The van der Waals surface area contributed by atoms with Gasteiger partial charge in [0, 0.05) is 11.1 Å². The number of aryl methyl sites for hydroxylation is 1. The van der Waals surface area contributed by atoms with Crippen molar-refractivity contribution in [3.8, 4) is 17.2 Å². The van der Waals surface area contributed by atoms with E-state index in [0.29, 0.717) is 39.0 Å². The molecule has 0 saturated heterocycles. The van der Waals surface area contributed by atoms with Crippen LogP contribution >= 0.6 is 11.6 Å². The molecule has 4 rings (SSSR count). The molecule has 8 heteroatoms. The van der Waals surface area contributed by atoms with Crippen LogP contribution in [0.5, 0.6) is 5.75 Å². The molecule has 3 aromatic carbocycles. The monoisotopic (exact) mass is 464 g/mol. The lowest BCUT2D eigenvalue weighted by Gasteiger charge is -2.16. The van der Waals surface area contributed by atoms with Gasteiger partial charge >= 0.3 is 5.97 Å². The van der Waals surface area contributed by atoms with Crippen molar-refractivity contribution >= 4 is 40.3 Å². The summed E-state index contributed by atoms with van der Waals surface area (Å²) in [5.41, 5.74) is 3.19. The minimum absolute atomic E-state index is 0.239. The summed E-state index contributed by atoms with van der Waals surface area (Å²) >= 11 is 6.12. The first-order valence-corrected chi connectivity index (χ1v) is 10.6. The van der Waals surface area contributed by atoms with Crippen LogP contribution in [0.4, 0.5) is 5.69 Å². The number of carbonyl (C=O) groups is 2. The summed E-state index contributed by atoms with van der Waals surface area (Å²) in [5, 5.41) is 3.23. The molecular weight excluding hydrogens is 444 g/mol. The maximum absolute atomic E-state index is 12.9. The van der Waals surface area contributed by atoms with E-state index in [1.165, 1.54) is 14.0 Å². The van der Waals surface area contributed by atoms with Crippen molar-refractivity contribution in [2.45, 2.75) is 20.0 Å². The number of halogens is 1. The molecule has 1 unspecified atom stereocenters. The molecule has 4 aromatic rings. The van der Waals surface area contributed by atoms with Crippen molar-refractivity contribution in [1.82, 2.24) is 4.98 Å². The zero-order valence-corrected chi connectivity index (χ0v) is 19.0. The molecule has 7 nitrogen and oxygen atoms in total. The van der Waals surface area contributed by atoms with Crippen LogP contribution in [0.1, 0.15) is 22.8 Å². The fraction of sp³-hybridized carbons (Fsp3) is 0.160. The number of nitrogens with one attached hydrogen (secondary N) is 1. The summed E-state index contributed by atoms with van der Waals surface area (Å²) in [6, 6.07) is 17.4. The Balaban J connectivity index is 1.53. The highest BCUT2D eigenvalue weighted by atomic mass is 35.5. The van der Waals surface area contributed by atoms with Gasteiger partial charge in [-0.25, -0.2) is 9.78 Å². The van der Waals surface area contributed by atoms with Crippen LogP contribution < -0.4 is 10.1 Å². The number of hydrogen-bond donors (Lipinski definition) is 1. The average Bonchev–Trinajstić information content (AvgIpc) is 3.25. The maximum atomic E-state index is 12.9. The lowest BCUT2D eigenvalue weighted by molar-refractivity contribution is -0.123. The number of para-hydroxylation sites is 2. The Morgan fingerprint density at radius 1 is 1.09 bits per heavy atom. The first-order chi connectivity index (χ1) is 15.9. The number of fused-ring (bicyclic) bond motifs is 1. The molecule has 0 saturated carbocycles. The minimum atomic E-state index is -1.07. The second-order valence-electron chi connectivity index (χ2n) is 7.37. The van der Waals surface area contributed by atoms with Crippen LogP contribution in [-0.2, 0) is 9.53 Å². The fourth-order valence-corrected chi connectivity index (χ4v) is 3.43. The summed E-state index contributed by atoms with van der Waals surface area (Å²) in [6.07, 6.45) is -1.07. The number of rotatable bonds is 6. The van der Waals surface area contributed by atoms with E-state index in [1.807, 2.05) is 25.1 Å². The predicted octanol–water partition coefficient (Wildman–Crippen LogP) is 5.65. The third-order valence-corrected chi connectivity index (χ3v) is 5.47. The first-order valence-electron chi connectivity index (χ1n) is 10.2. The third kappa shape index (κ3) is 4.68. The van der Waals surface area contributed by atoms with Crippen LogP contribution in [0, 0.1) is 6.92 Å². The number of oxazole rings is 1. The Labute approximate surface area is 195 Å². The Morgan fingerprint density at radius 2 is 1.82 bits per heavy atom. The van der Waals surface area contributed by atoms with Gasteiger partial charge in [-0.3, -0.25) is 4.79 Å². The van der Waals surface area contributed by atoms with Crippen LogP contribution in [0.2, 0.25) is 5.02 Å². The molecule has 1 heterocycles. The predicted molar refractivity (Wildman–Crippen MR) is 126 cm³/mol. The lowest BCUT2D eigenvalue weighted by atomic mass is 10.1. The number of nitrogens with zero attached hydrogens (tertiary/aromatic N) is 1. The SMILES string of the molecule is COc1cc(Cl)c(C)cc1NC(=O)C(C)OC(=O)c1ccccc1-c1nc2ccccc2o1. The van der Waals surface area contributed by atoms with Gasteiger partial charge in [0.05, 0.1) is 23.9 Å². The molecule has 0 bridgehead atoms. The largest absolute Gasteiger partial charge is 0.495 e. The second kappa shape index (κ2) is 9.34. The average molecular weight is 465 g/mol. The highest BCUT2D eigenvalue weighted by Crippen LogP contribution is 2.31. The van der Waals surface area contributed by atoms with Crippen molar-refractivity contribution in [3.63, 3.8) is 0 Å². The van der Waals surface area contributed by atoms with Gasteiger partial charge in [0.1, 0.15) is 11.3 Å². The van der Waals surface area contributed by atoms with Crippen molar-refractivity contribution in [3.05, 3.63) is 76.8 Å². The van der Waals surface area contributed by atoms with Gasteiger partial charge in [0.2, 0.25) is 5.89 Å². The van der Waals surface area contributed by atoms with Crippen molar-refractivity contribution < 1.29 is 23.5 Å². The van der Waals surface area contributed by atoms with E-state index in [1.54, 1.807) is 42.5 Å². The van der Waals surface area contributed by atoms with E-state index in [2.05, 4.69) is 10.3 Å². The number of hydrogen-bond acceptors (Lipinski definition) is 6. The summed E-state index contributed by atoms with van der Waals surface area (Å²) < 4.78 is 16.5. The quantitative estimate of drug-likeness (QED) is 0.371. The molecule has 0 aliphatic carbocycles. The van der Waals surface area contributed by atoms with Crippen LogP contribution in [0.15, 0.2) is 65.1 Å². The van der Waals surface area contributed by atoms with E-state index < -0.39 is 18.0 Å². The number of benzene rings is 3. The molecule has 33 heavy (non-hydrogen) atoms. The number of esters is 1. The Hall–Kier alpha value is -3.84. The van der Waals surface area contributed by atoms with Gasteiger partial charge in [0.15, 0.2) is 11.7 Å². The Morgan fingerprint density at radius 3 is 2.58 bits per heavy atom. The number of ether oxygens (including phenoxy) is 2. The molecule has 0 spiro atoms. The topological polar surface area (TPSA) is 90.7 Å². The molecular formula is C25H21ClN2O5. The highest BCUT2D eigenvalue weighted by molar-refractivity contribution is 6.31. The number of amides is 1. The number of anilines is 1. The first kappa shape index (κ1) is 22.4. The molecule has 1 atom stereocenters. The zero-order chi connectivity index (χ0) is 23.5. The van der Waals surface area contributed by atoms with Crippen LogP contribution in [0.3, 0.4) is 0 Å². The molecule has 1 N–H and O–H groups in total. The maximum Gasteiger partial charge on any atom is 0.339 e. The molecule has 168 valence electrons. The van der Waals surface area contributed by atoms with E-state index in [-0.39, 0.29) is 5.56 Å². The van der Waals surface area contributed by atoms with Crippen molar-refractivity contribution in [2.75, 3.05) is 12.4 Å². The van der Waals surface area contributed by atoms with Crippen molar-refractivity contribution in [2.24, 2.45) is 0 Å². The van der Waals surface area contributed by atoms with Gasteiger partial charge in [0.25, 0.3) is 5.91 Å². The molecule has 0 fully saturated rings. The van der Waals surface area contributed by atoms with Gasteiger partial charge < -0.3 is 19.2 Å². The Kier molecular flexibility index (Phi) is 6.33. The smallest absolute Gasteiger partial charge is 0.339 e. The zero-order valence-electron chi connectivity index (χ0n) is 18.2. The van der Waals surface area contributed by atoms with Crippen LogP contribution in [0.25, 0.3) is 22.6 Å². The van der Waals surface area contributed by atoms with Gasteiger partial charge in [-0.2, -0.15) is 0 Å². The molecule has 0 aliphatic rings. The fourth-order valence-electron chi connectivity index (χ4n) is 3.28. The summed E-state index contributed by atoms with van der Waals surface area (Å²) in [5.74, 6) is -0.488. The van der Waals surface area contributed by atoms with E-state index >= 15 is 0 Å². The van der Waals surface area contributed by atoms with Gasteiger partial charge in [-0.1, -0.05) is 35.9 Å². The second-order valence-corrected chi connectivity index (χ2v) is 7.78. The number of methoxy groups -OCH3 is 1. The molecule has 1 aromatic heterocycles. The van der Waals surface area contributed by atoms with E-state index in [4.69, 9.17) is 25.5 Å². The van der Waals surface area contributed by atoms with E-state index in [9.17, 15) is 9.59 Å². The highest BCUT2D eigenvalue weighted by Gasteiger charge is 2.24. The Bertz CT molecular complexity index is 1310. The lowest BCUT2D eigenvalue weighted by Crippen LogP contribution is -2.30. The summed E-state index contributed by atoms with van der Waals surface area (Å²) in [6.45, 7) is 3.30. The summed E-state index contributed by atoms with van der Waals surface area (Å²) in [4.78, 5) is 30.1. The van der Waals surface area contributed by atoms with Crippen LogP contribution in [-0.4, -0.2) is 30.1 Å². The number of carbonyl (C=O) groups excluding carboxylic acids is 2. The molecule has 0 aliphatic heterocycles. The van der Waals surface area contributed by atoms with Crippen molar-refractivity contribution in [1.29, 1.82) is 0 Å². The molecule has 1 amide bonds. The number of aromatic nitrogens is 1. The molecule has 0 radical (unpaired) electrons. The normalized spacial score (nSPS) is 11.8. The minimum Gasteiger partial charge on any atom is -0.495 e. The third-order valence-electron chi connectivity index (χ3n) is 5.06. The van der Waals surface area contributed by atoms with Gasteiger partial charge in [-0.15, -0.1) is 0 Å².